The van der Waals surface area contributed by atoms with Crippen LogP contribution in [0.1, 0.15) is 83.1 Å². The van der Waals surface area contributed by atoms with Crippen molar-refractivity contribution >= 4 is 45.1 Å². The fraction of sp³-hybridized carbons (Fsp3) is 0.383. The van der Waals surface area contributed by atoms with Crippen molar-refractivity contribution in [2.45, 2.75) is 97.6 Å². The number of carbonyl (C=O) groups is 3. The quantitative estimate of drug-likeness (QED) is 0.107. The average molecular weight is 806 g/mol. The van der Waals surface area contributed by atoms with Crippen LogP contribution in [0.5, 0.6) is 11.5 Å². The largest absolute Gasteiger partial charge is 0.496 e. The van der Waals surface area contributed by atoms with Crippen molar-refractivity contribution in [1.82, 2.24) is 10.2 Å². The summed E-state index contributed by atoms with van der Waals surface area (Å²) in [7, 11) is 1.74. The maximum absolute atomic E-state index is 13.3. The van der Waals surface area contributed by atoms with E-state index in [1.54, 1.807) is 60.0 Å². The minimum atomic E-state index is -1.25. The molecule has 6 rings (SSSR count). The standard InChI is InChI=1S/C47H55N3O7S/c1-46(2,3)56-44(52)39(49-45(53)57-47(4,5)6)28-42(51)48-35-19-17-33(18-20-35)43-38(25-32-15-16-34(40(26-32)54-7)29-50-23-11-12-24-50)37-22-21-36(27-41(37)58-43)55-30-31-13-9-8-10-14-31/h8-10,13-22,26-27,39H,11-12,23-25,28-30H2,1-7H3,(H,48,51)(H,49,53)/t39-/m1/s1. The summed E-state index contributed by atoms with van der Waals surface area (Å²) in [6.07, 6.45) is 2.01. The van der Waals surface area contributed by atoms with E-state index in [1.165, 1.54) is 24.0 Å². The minimum absolute atomic E-state index is 0.342. The van der Waals surface area contributed by atoms with Crippen LogP contribution >= 0.6 is 11.3 Å². The highest BCUT2D eigenvalue weighted by atomic mass is 32.1. The zero-order valence-electron chi connectivity index (χ0n) is 34.6. The van der Waals surface area contributed by atoms with Gasteiger partial charge in [0.1, 0.15) is 35.3 Å². The number of methoxy groups -OCH3 is 1. The van der Waals surface area contributed by atoms with Crippen molar-refractivity contribution < 1.29 is 33.3 Å². The van der Waals surface area contributed by atoms with E-state index in [4.69, 9.17) is 18.9 Å². The van der Waals surface area contributed by atoms with Gasteiger partial charge in [0.2, 0.25) is 5.91 Å². The van der Waals surface area contributed by atoms with Crippen molar-refractivity contribution in [1.29, 1.82) is 0 Å². The van der Waals surface area contributed by atoms with E-state index < -0.39 is 35.2 Å². The summed E-state index contributed by atoms with van der Waals surface area (Å²) in [5, 5.41) is 6.54. The second kappa shape index (κ2) is 18.5. The van der Waals surface area contributed by atoms with Crippen LogP contribution in [-0.4, -0.2) is 60.3 Å². The van der Waals surface area contributed by atoms with E-state index in [0.717, 1.165) is 62.8 Å². The fourth-order valence-electron chi connectivity index (χ4n) is 6.90. The molecule has 1 aromatic heterocycles. The number of amides is 2. The zero-order chi connectivity index (χ0) is 41.5. The maximum atomic E-state index is 13.3. The molecule has 5 aromatic rings. The highest BCUT2D eigenvalue weighted by molar-refractivity contribution is 7.22. The van der Waals surface area contributed by atoms with Crippen LogP contribution in [0.3, 0.4) is 0 Å². The van der Waals surface area contributed by atoms with Crippen LogP contribution in [-0.2, 0) is 38.6 Å². The van der Waals surface area contributed by atoms with E-state index in [1.807, 2.05) is 48.5 Å². The summed E-state index contributed by atoms with van der Waals surface area (Å²) in [6.45, 7) is 13.9. The van der Waals surface area contributed by atoms with Crippen LogP contribution in [0, 0.1) is 0 Å². The van der Waals surface area contributed by atoms with Gasteiger partial charge in [0.25, 0.3) is 0 Å². The lowest BCUT2D eigenvalue weighted by Crippen LogP contribution is -2.47. The molecule has 0 bridgehead atoms. The molecule has 4 aromatic carbocycles. The summed E-state index contributed by atoms with van der Waals surface area (Å²) >= 11 is 1.70. The van der Waals surface area contributed by atoms with Crippen LogP contribution in [0.2, 0.25) is 0 Å². The molecule has 0 radical (unpaired) electrons. The first-order valence-electron chi connectivity index (χ1n) is 19.9. The van der Waals surface area contributed by atoms with E-state index in [9.17, 15) is 14.4 Å². The SMILES string of the molecule is COc1cc(Cc2c(-c3ccc(NC(=O)C[C@@H](NC(=O)OC(C)(C)C)C(=O)OC(C)(C)C)cc3)sc3cc(OCc4ccccc4)ccc23)ccc1CN1CCCC1. The number of anilines is 1. The molecule has 0 unspecified atom stereocenters. The molecule has 11 heteroatoms. The Kier molecular flexibility index (Phi) is 13.4. The summed E-state index contributed by atoms with van der Waals surface area (Å²) in [6, 6.07) is 29.4. The van der Waals surface area contributed by atoms with Gasteiger partial charge in [0.15, 0.2) is 0 Å². The molecule has 10 nitrogen and oxygen atoms in total. The molecule has 0 saturated carbocycles. The lowest BCUT2D eigenvalue weighted by molar-refractivity contribution is -0.158. The van der Waals surface area contributed by atoms with E-state index in [0.29, 0.717) is 18.7 Å². The number of hydrogen-bond donors (Lipinski definition) is 2. The van der Waals surface area contributed by atoms with E-state index in [-0.39, 0.29) is 6.42 Å². The van der Waals surface area contributed by atoms with Gasteiger partial charge in [0, 0.05) is 27.4 Å². The molecule has 1 saturated heterocycles. The van der Waals surface area contributed by atoms with Gasteiger partial charge in [-0.3, -0.25) is 9.69 Å². The monoisotopic (exact) mass is 805 g/mol. The molecule has 2 heterocycles. The Balaban J connectivity index is 1.24. The maximum Gasteiger partial charge on any atom is 0.408 e. The Bertz CT molecular complexity index is 2200. The van der Waals surface area contributed by atoms with E-state index >= 15 is 0 Å². The normalized spacial score (nSPS) is 13.8. The molecule has 0 aliphatic carbocycles. The molecule has 1 aliphatic heterocycles. The molecule has 2 amide bonds. The average Bonchev–Trinajstić information content (AvgIpc) is 3.81. The van der Waals surface area contributed by atoms with Crippen LogP contribution in [0.4, 0.5) is 10.5 Å². The number of carbonyl (C=O) groups excluding carboxylic acids is 3. The highest BCUT2D eigenvalue weighted by Crippen LogP contribution is 2.42. The molecule has 0 spiro atoms. The van der Waals surface area contributed by atoms with E-state index in [2.05, 4.69) is 58.0 Å². The van der Waals surface area contributed by atoms with Crippen molar-refractivity contribution in [2.75, 3.05) is 25.5 Å². The third-order valence-electron chi connectivity index (χ3n) is 9.54. The second-order valence-corrected chi connectivity index (χ2v) is 17.8. The van der Waals surface area contributed by atoms with Crippen LogP contribution in [0.25, 0.3) is 20.5 Å². The Hall–Kier alpha value is -5.39. The number of likely N-dealkylation sites (tertiary alicyclic amines) is 1. The Labute approximate surface area is 345 Å². The number of thiophene rings is 1. The van der Waals surface area contributed by atoms with Crippen LogP contribution in [0.15, 0.2) is 91.0 Å². The summed E-state index contributed by atoms with van der Waals surface area (Å²) in [5.41, 5.74) is 4.57. The molecule has 306 valence electrons. The zero-order valence-corrected chi connectivity index (χ0v) is 35.4. The number of benzene rings is 4. The van der Waals surface area contributed by atoms with Gasteiger partial charge in [-0.05, 0) is 138 Å². The summed E-state index contributed by atoms with van der Waals surface area (Å²) < 4.78 is 24.1. The number of hydrogen-bond acceptors (Lipinski definition) is 9. The van der Waals surface area contributed by atoms with Gasteiger partial charge < -0.3 is 29.6 Å². The number of alkyl carbamates (subject to hydrolysis) is 1. The number of nitrogens with one attached hydrogen (secondary N) is 2. The first-order valence-corrected chi connectivity index (χ1v) is 20.7. The first-order chi connectivity index (χ1) is 27.6. The van der Waals surface area contributed by atoms with Crippen LogP contribution < -0.4 is 20.1 Å². The molecule has 1 fully saturated rings. The topological polar surface area (TPSA) is 115 Å². The molecular weight excluding hydrogens is 751 g/mol. The highest BCUT2D eigenvalue weighted by Gasteiger charge is 2.31. The number of esters is 1. The lowest BCUT2D eigenvalue weighted by atomic mass is 9.97. The Morgan fingerprint density at radius 3 is 2.19 bits per heavy atom. The van der Waals surface area contributed by atoms with Crippen molar-refractivity contribution in [2.24, 2.45) is 0 Å². The molecule has 1 aliphatic rings. The first kappa shape index (κ1) is 42.2. The molecular formula is C47H55N3O7S. The molecule has 58 heavy (non-hydrogen) atoms. The van der Waals surface area contributed by atoms with Gasteiger partial charge in [-0.1, -0.05) is 54.6 Å². The fourth-order valence-corrected chi connectivity index (χ4v) is 8.16. The van der Waals surface area contributed by atoms with Crippen molar-refractivity contribution in [3.63, 3.8) is 0 Å². The lowest BCUT2D eigenvalue weighted by Gasteiger charge is -2.26. The van der Waals surface area contributed by atoms with Gasteiger partial charge in [-0.2, -0.15) is 0 Å². The minimum Gasteiger partial charge on any atom is -0.496 e. The second-order valence-electron chi connectivity index (χ2n) is 16.7. The predicted octanol–water partition coefficient (Wildman–Crippen LogP) is 9.91. The number of fused-ring (bicyclic) bond motifs is 1. The van der Waals surface area contributed by atoms with Crippen molar-refractivity contribution in [3.8, 4) is 21.9 Å². The number of nitrogens with zero attached hydrogens (tertiary/aromatic N) is 1. The smallest absolute Gasteiger partial charge is 0.408 e. The Morgan fingerprint density at radius 2 is 1.52 bits per heavy atom. The van der Waals surface area contributed by atoms with Gasteiger partial charge in [-0.25, -0.2) is 9.59 Å². The molecule has 2 N–H and O–H groups in total. The molecule has 1 atom stereocenters. The predicted molar refractivity (Wildman–Crippen MR) is 231 cm³/mol. The Morgan fingerprint density at radius 1 is 0.810 bits per heavy atom. The summed E-state index contributed by atoms with van der Waals surface area (Å²) in [4.78, 5) is 42.5. The van der Waals surface area contributed by atoms with Gasteiger partial charge in [0.05, 0.1) is 13.5 Å². The number of ether oxygens (including phenoxy) is 4. The van der Waals surface area contributed by atoms with Crippen molar-refractivity contribution in [3.05, 3.63) is 113 Å². The third kappa shape index (κ3) is 11.8. The number of rotatable bonds is 14. The van der Waals surface area contributed by atoms with Gasteiger partial charge >= 0.3 is 12.1 Å². The third-order valence-corrected chi connectivity index (χ3v) is 10.8. The summed E-state index contributed by atoms with van der Waals surface area (Å²) in [5.74, 6) is 0.505. The van der Waals surface area contributed by atoms with Gasteiger partial charge in [-0.15, -0.1) is 11.3 Å².